The molecule has 0 bridgehead atoms. The highest BCUT2D eigenvalue weighted by molar-refractivity contribution is 5.35. The van der Waals surface area contributed by atoms with Crippen LogP contribution in [0.2, 0.25) is 0 Å². The van der Waals surface area contributed by atoms with Gasteiger partial charge in [-0.3, -0.25) is 11.3 Å². The van der Waals surface area contributed by atoms with E-state index in [9.17, 15) is 0 Å². The van der Waals surface area contributed by atoms with Gasteiger partial charge in [-0.25, -0.2) is 0 Å². The molecule has 19 heavy (non-hydrogen) atoms. The number of rotatable bonds is 5. The molecule has 0 saturated heterocycles. The highest BCUT2D eigenvalue weighted by Crippen LogP contribution is 2.24. The van der Waals surface area contributed by atoms with E-state index in [0.717, 1.165) is 17.7 Å². The maximum absolute atomic E-state index is 5.69. The predicted octanol–water partition coefficient (Wildman–Crippen LogP) is 2.75. The molecular formula is C16H20N2O. The molecular weight excluding hydrogens is 236 g/mol. The molecule has 2 aromatic carbocycles. The van der Waals surface area contributed by atoms with Gasteiger partial charge in [-0.2, -0.15) is 0 Å². The number of nitrogens with one attached hydrogen (secondary N) is 1. The Morgan fingerprint density at radius 3 is 2.42 bits per heavy atom. The van der Waals surface area contributed by atoms with Crippen molar-refractivity contribution in [3.8, 4) is 5.75 Å². The van der Waals surface area contributed by atoms with Gasteiger partial charge in [0.25, 0.3) is 0 Å². The van der Waals surface area contributed by atoms with Gasteiger partial charge in [-0.1, -0.05) is 48.0 Å². The van der Waals surface area contributed by atoms with Gasteiger partial charge in [-0.15, -0.1) is 0 Å². The summed E-state index contributed by atoms with van der Waals surface area (Å²) < 4.78 is 5.38. The molecule has 0 radical (unpaired) electrons. The first-order valence-corrected chi connectivity index (χ1v) is 6.39. The molecule has 1 atom stereocenters. The first kappa shape index (κ1) is 13.6. The van der Waals surface area contributed by atoms with Gasteiger partial charge < -0.3 is 4.74 Å². The molecule has 0 fully saturated rings. The molecule has 3 heteroatoms. The van der Waals surface area contributed by atoms with Gasteiger partial charge in [0.05, 0.1) is 13.2 Å². The molecule has 0 aliphatic carbocycles. The van der Waals surface area contributed by atoms with Crippen molar-refractivity contribution in [3.05, 3.63) is 65.2 Å². The van der Waals surface area contributed by atoms with Gasteiger partial charge in [0, 0.05) is 0 Å². The molecule has 1 unspecified atom stereocenters. The summed E-state index contributed by atoms with van der Waals surface area (Å²) in [5, 5.41) is 0. The molecule has 2 rings (SSSR count). The Morgan fingerprint density at radius 2 is 1.79 bits per heavy atom. The molecule has 0 aliphatic heterocycles. The van der Waals surface area contributed by atoms with Crippen molar-refractivity contribution in [3.63, 3.8) is 0 Å². The number of para-hydroxylation sites is 1. The summed E-state index contributed by atoms with van der Waals surface area (Å²) in [6, 6.07) is 16.5. The van der Waals surface area contributed by atoms with E-state index in [1.54, 1.807) is 7.11 Å². The van der Waals surface area contributed by atoms with E-state index in [1.165, 1.54) is 11.1 Å². The third-order valence-corrected chi connectivity index (χ3v) is 3.30. The van der Waals surface area contributed by atoms with Crippen LogP contribution in [0.4, 0.5) is 0 Å². The first-order valence-electron chi connectivity index (χ1n) is 6.39. The number of hydrogen-bond acceptors (Lipinski definition) is 3. The zero-order chi connectivity index (χ0) is 13.7. The summed E-state index contributed by atoms with van der Waals surface area (Å²) in [5.74, 6) is 6.59. The number of ether oxygens (including phenoxy) is 1. The molecule has 0 amide bonds. The largest absolute Gasteiger partial charge is 0.496 e. The maximum atomic E-state index is 5.69. The lowest BCUT2D eigenvalue weighted by atomic mass is 9.98. The van der Waals surface area contributed by atoms with E-state index in [2.05, 4.69) is 42.7 Å². The van der Waals surface area contributed by atoms with Crippen LogP contribution in [-0.2, 0) is 6.42 Å². The van der Waals surface area contributed by atoms with Crippen molar-refractivity contribution in [2.45, 2.75) is 19.4 Å². The molecule has 0 aromatic heterocycles. The number of hydrazine groups is 1. The van der Waals surface area contributed by atoms with Crippen LogP contribution in [0.5, 0.6) is 5.75 Å². The van der Waals surface area contributed by atoms with Crippen LogP contribution < -0.4 is 16.0 Å². The topological polar surface area (TPSA) is 47.3 Å². The van der Waals surface area contributed by atoms with Crippen molar-refractivity contribution in [1.82, 2.24) is 5.43 Å². The second-order valence-electron chi connectivity index (χ2n) is 4.65. The van der Waals surface area contributed by atoms with Crippen LogP contribution >= 0.6 is 0 Å². The van der Waals surface area contributed by atoms with Crippen LogP contribution in [0.15, 0.2) is 48.5 Å². The minimum atomic E-state index is 0.0805. The van der Waals surface area contributed by atoms with Crippen LogP contribution in [0.3, 0.4) is 0 Å². The number of methoxy groups -OCH3 is 1. The number of aryl methyl sites for hydroxylation is 1. The van der Waals surface area contributed by atoms with Crippen molar-refractivity contribution in [1.29, 1.82) is 0 Å². The molecule has 2 aromatic rings. The normalized spacial score (nSPS) is 12.2. The van der Waals surface area contributed by atoms with E-state index in [-0.39, 0.29) is 6.04 Å². The Morgan fingerprint density at radius 1 is 1.11 bits per heavy atom. The fourth-order valence-electron chi connectivity index (χ4n) is 2.16. The third kappa shape index (κ3) is 3.34. The van der Waals surface area contributed by atoms with Crippen molar-refractivity contribution >= 4 is 0 Å². The van der Waals surface area contributed by atoms with Crippen molar-refractivity contribution < 1.29 is 4.74 Å². The van der Waals surface area contributed by atoms with Gasteiger partial charge in [0.15, 0.2) is 0 Å². The van der Waals surface area contributed by atoms with Gasteiger partial charge >= 0.3 is 0 Å². The molecule has 0 aliphatic rings. The average molecular weight is 256 g/mol. The van der Waals surface area contributed by atoms with Crippen LogP contribution in [0, 0.1) is 6.92 Å². The Balaban J connectivity index is 2.21. The molecule has 3 N–H and O–H groups in total. The summed E-state index contributed by atoms with van der Waals surface area (Å²) in [6.07, 6.45) is 0.795. The Kier molecular flexibility index (Phi) is 4.55. The van der Waals surface area contributed by atoms with Crippen molar-refractivity contribution in [2.24, 2.45) is 5.84 Å². The van der Waals surface area contributed by atoms with Crippen molar-refractivity contribution in [2.75, 3.05) is 7.11 Å². The Hall–Kier alpha value is -1.84. The fraction of sp³-hybridized carbons (Fsp3) is 0.250. The second-order valence-corrected chi connectivity index (χ2v) is 4.65. The zero-order valence-corrected chi connectivity index (χ0v) is 11.4. The van der Waals surface area contributed by atoms with Gasteiger partial charge in [0.1, 0.15) is 5.75 Å². The number of hydrogen-bond donors (Lipinski definition) is 2. The van der Waals surface area contributed by atoms with E-state index in [1.807, 2.05) is 18.2 Å². The smallest absolute Gasteiger partial charge is 0.122 e. The lowest BCUT2D eigenvalue weighted by Gasteiger charge is -2.18. The lowest BCUT2D eigenvalue weighted by Crippen LogP contribution is -2.29. The lowest BCUT2D eigenvalue weighted by molar-refractivity contribution is 0.405. The standard InChI is InChI=1S/C16H20N2O/c1-12-7-9-13(10-8-12)15(18-17)11-14-5-3-4-6-16(14)19-2/h3-10,15,18H,11,17H2,1-2H3. The summed E-state index contributed by atoms with van der Waals surface area (Å²) in [5.41, 5.74) is 6.46. The van der Waals surface area contributed by atoms with E-state index < -0.39 is 0 Å². The van der Waals surface area contributed by atoms with Crippen LogP contribution in [0.1, 0.15) is 22.7 Å². The highest BCUT2D eigenvalue weighted by Gasteiger charge is 2.12. The summed E-state index contributed by atoms with van der Waals surface area (Å²) in [6.45, 7) is 2.08. The maximum Gasteiger partial charge on any atom is 0.122 e. The van der Waals surface area contributed by atoms with E-state index >= 15 is 0 Å². The highest BCUT2D eigenvalue weighted by atomic mass is 16.5. The van der Waals surface area contributed by atoms with E-state index in [0.29, 0.717) is 0 Å². The van der Waals surface area contributed by atoms with Gasteiger partial charge in [-0.05, 0) is 30.5 Å². The fourth-order valence-corrected chi connectivity index (χ4v) is 2.16. The molecule has 0 saturated carbocycles. The minimum absolute atomic E-state index is 0.0805. The van der Waals surface area contributed by atoms with Crippen LogP contribution in [0.25, 0.3) is 0 Å². The number of nitrogens with two attached hydrogens (primary N) is 1. The minimum Gasteiger partial charge on any atom is -0.496 e. The molecule has 0 heterocycles. The Bertz CT molecular complexity index is 523. The zero-order valence-electron chi connectivity index (χ0n) is 11.4. The molecule has 0 spiro atoms. The second kappa shape index (κ2) is 6.36. The predicted molar refractivity (Wildman–Crippen MR) is 77.9 cm³/mol. The Labute approximate surface area is 114 Å². The quantitative estimate of drug-likeness (QED) is 0.639. The van der Waals surface area contributed by atoms with Gasteiger partial charge in [0.2, 0.25) is 0 Å². The summed E-state index contributed by atoms with van der Waals surface area (Å²) in [4.78, 5) is 0. The third-order valence-electron chi connectivity index (χ3n) is 3.30. The monoisotopic (exact) mass is 256 g/mol. The summed E-state index contributed by atoms with van der Waals surface area (Å²) >= 11 is 0. The molecule has 3 nitrogen and oxygen atoms in total. The molecule has 100 valence electrons. The average Bonchev–Trinajstić information content (AvgIpc) is 2.46. The number of benzene rings is 2. The summed E-state index contributed by atoms with van der Waals surface area (Å²) in [7, 11) is 1.69. The SMILES string of the molecule is COc1ccccc1CC(NN)c1ccc(C)cc1. The first-order chi connectivity index (χ1) is 9.24. The van der Waals surface area contributed by atoms with E-state index in [4.69, 9.17) is 10.6 Å². The van der Waals surface area contributed by atoms with Crippen LogP contribution in [-0.4, -0.2) is 7.11 Å².